The maximum atomic E-state index is 13.1. The number of halogens is 1. The number of carbonyl (C=O) groups is 1. The highest BCUT2D eigenvalue weighted by Crippen LogP contribution is 2.27. The maximum absolute atomic E-state index is 13.1. The highest BCUT2D eigenvalue weighted by molar-refractivity contribution is 5.67. The average Bonchev–Trinajstić information content (AvgIpc) is 2.49. The molecule has 1 aliphatic heterocycles. The maximum Gasteiger partial charge on any atom is 0.409 e. The number of hydrogen-bond donors (Lipinski definition) is 1. The van der Waals surface area contributed by atoms with E-state index < -0.39 is 10.7 Å². The molecule has 2 rings (SSSR count). The van der Waals surface area contributed by atoms with Crippen LogP contribution < -0.4 is 5.32 Å². The molecular formula is C13H16FN3O4. The predicted octanol–water partition coefficient (Wildman–Crippen LogP) is 2.38. The SMILES string of the molecule is COC(=O)N1CCC(Nc2ccc(F)cc2[N+](=O)[O-])CC1. The zero-order valence-electron chi connectivity index (χ0n) is 11.5. The molecule has 0 radical (unpaired) electrons. The Hall–Kier alpha value is -2.38. The first-order chi connectivity index (χ1) is 10.0. The van der Waals surface area contributed by atoms with E-state index in [0.717, 1.165) is 6.07 Å². The number of benzene rings is 1. The van der Waals surface area contributed by atoms with Gasteiger partial charge in [-0.1, -0.05) is 0 Å². The van der Waals surface area contributed by atoms with Crippen molar-refractivity contribution < 1.29 is 18.8 Å². The van der Waals surface area contributed by atoms with Crippen LogP contribution in [0.15, 0.2) is 18.2 Å². The van der Waals surface area contributed by atoms with Gasteiger partial charge in [0.15, 0.2) is 0 Å². The van der Waals surface area contributed by atoms with E-state index in [1.54, 1.807) is 4.90 Å². The normalized spacial score (nSPS) is 15.6. The summed E-state index contributed by atoms with van der Waals surface area (Å²) in [5.41, 5.74) is 0.00307. The van der Waals surface area contributed by atoms with Gasteiger partial charge in [0.1, 0.15) is 11.5 Å². The number of nitro benzene ring substituents is 1. The summed E-state index contributed by atoms with van der Waals surface area (Å²) in [7, 11) is 1.33. The summed E-state index contributed by atoms with van der Waals surface area (Å²) >= 11 is 0. The first-order valence-electron chi connectivity index (χ1n) is 6.54. The largest absolute Gasteiger partial charge is 0.453 e. The fourth-order valence-electron chi connectivity index (χ4n) is 2.33. The quantitative estimate of drug-likeness (QED) is 0.684. The summed E-state index contributed by atoms with van der Waals surface area (Å²) in [4.78, 5) is 23.3. The van der Waals surface area contributed by atoms with Gasteiger partial charge in [0.05, 0.1) is 18.1 Å². The van der Waals surface area contributed by atoms with Gasteiger partial charge in [-0.15, -0.1) is 0 Å². The number of hydrogen-bond acceptors (Lipinski definition) is 5. The van der Waals surface area contributed by atoms with Crippen molar-refractivity contribution in [2.45, 2.75) is 18.9 Å². The number of amides is 1. The zero-order valence-corrected chi connectivity index (χ0v) is 11.5. The molecule has 0 saturated carbocycles. The summed E-state index contributed by atoms with van der Waals surface area (Å²) < 4.78 is 17.7. The Kier molecular flexibility index (Phi) is 4.56. The number of likely N-dealkylation sites (tertiary alicyclic amines) is 1. The number of piperidine rings is 1. The van der Waals surface area contributed by atoms with Crippen molar-refractivity contribution in [3.8, 4) is 0 Å². The topological polar surface area (TPSA) is 84.7 Å². The molecule has 114 valence electrons. The molecule has 1 fully saturated rings. The van der Waals surface area contributed by atoms with E-state index in [2.05, 4.69) is 10.1 Å². The Morgan fingerprint density at radius 2 is 2.14 bits per heavy atom. The number of nitrogens with one attached hydrogen (secondary N) is 1. The number of anilines is 1. The summed E-state index contributed by atoms with van der Waals surface area (Å²) in [6, 6.07) is 3.43. The lowest BCUT2D eigenvalue weighted by Gasteiger charge is -2.31. The highest BCUT2D eigenvalue weighted by atomic mass is 19.1. The number of nitro groups is 1. The van der Waals surface area contributed by atoms with Gasteiger partial charge in [-0.2, -0.15) is 0 Å². The molecule has 0 spiro atoms. The molecule has 1 aliphatic rings. The fourth-order valence-corrected chi connectivity index (χ4v) is 2.33. The molecule has 0 aromatic heterocycles. The van der Waals surface area contributed by atoms with Gasteiger partial charge in [-0.05, 0) is 25.0 Å². The number of rotatable bonds is 3. The van der Waals surface area contributed by atoms with Crippen molar-refractivity contribution in [3.63, 3.8) is 0 Å². The zero-order chi connectivity index (χ0) is 15.4. The van der Waals surface area contributed by atoms with E-state index in [9.17, 15) is 19.3 Å². The molecule has 7 nitrogen and oxygen atoms in total. The lowest BCUT2D eigenvalue weighted by Crippen LogP contribution is -2.42. The molecule has 1 N–H and O–H groups in total. The van der Waals surface area contributed by atoms with Crippen LogP contribution in [-0.2, 0) is 4.74 Å². The van der Waals surface area contributed by atoms with Crippen molar-refractivity contribution in [1.82, 2.24) is 4.90 Å². The smallest absolute Gasteiger partial charge is 0.409 e. The third kappa shape index (κ3) is 3.59. The highest BCUT2D eigenvalue weighted by Gasteiger charge is 2.25. The average molecular weight is 297 g/mol. The number of carbonyl (C=O) groups excluding carboxylic acids is 1. The van der Waals surface area contributed by atoms with Crippen LogP contribution in [0.4, 0.5) is 20.6 Å². The van der Waals surface area contributed by atoms with Crippen LogP contribution in [0.25, 0.3) is 0 Å². The molecule has 0 atom stereocenters. The second-order valence-corrected chi connectivity index (χ2v) is 4.79. The summed E-state index contributed by atoms with van der Waals surface area (Å²) in [5, 5.41) is 14.0. The van der Waals surface area contributed by atoms with Crippen molar-refractivity contribution in [2.24, 2.45) is 0 Å². The van der Waals surface area contributed by atoms with Crippen LogP contribution in [0.5, 0.6) is 0 Å². The third-order valence-corrected chi connectivity index (χ3v) is 3.44. The van der Waals surface area contributed by atoms with Gasteiger partial charge in [-0.25, -0.2) is 9.18 Å². The van der Waals surface area contributed by atoms with Crippen LogP contribution in [-0.4, -0.2) is 42.2 Å². The molecule has 0 bridgehead atoms. The van der Waals surface area contributed by atoms with Gasteiger partial charge in [-0.3, -0.25) is 10.1 Å². The monoisotopic (exact) mass is 297 g/mol. The Morgan fingerprint density at radius 1 is 1.48 bits per heavy atom. The summed E-state index contributed by atoms with van der Waals surface area (Å²) in [6.07, 6.45) is 0.911. The Labute approximate surface area is 120 Å². The van der Waals surface area contributed by atoms with Crippen LogP contribution >= 0.6 is 0 Å². The molecule has 21 heavy (non-hydrogen) atoms. The summed E-state index contributed by atoms with van der Waals surface area (Å²) in [6.45, 7) is 1.03. The van der Waals surface area contributed by atoms with Gasteiger partial charge >= 0.3 is 6.09 Å². The minimum atomic E-state index is -0.646. The van der Waals surface area contributed by atoms with Crippen molar-refractivity contribution in [2.75, 3.05) is 25.5 Å². The molecule has 0 aliphatic carbocycles. The molecule has 0 unspecified atom stereocenters. The number of methoxy groups -OCH3 is 1. The van der Waals surface area contributed by atoms with Gasteiger partial charge < -0.3 is 15.0 Å². The molecular weight excluding hydrogens is 281 g/mol. The van der Waals surface area contributed by atoms with E-state index in [1.165, 1.54) is 19.2 Å². The molecule has 1 aromatic carbocycles. The first-order valence-corrected chi connectivity index (χ1v) is 6.54. The molecule has 1 aromatic rings. The van der Waals surface area contributed by atoms with E-state index in [1.807, 2.05) is 0 Å². The molecule has 1 amide bonds. The van der Waals surface area contributed by atoms with E-state index in [4.69, 9.17) is 0 Å². The summed E-state index contributed by atoms with van der Waals surface area (Å²) in [5.74, 6) is -0.646. The minimum absolute atomic E-state index is 0.00457. The second-order valence-electron chi connectivity index (χ2n) is 4.79. The number of ether oxygens (including phenoxy) is 1. The van der Waals surface area contributed by atoms with E-state index in [-0.39, 0.29) is 23.5 Å². The fraction of sp³-hybridized carbons (Fsp3) is 0.462. The van der Waals surface area contributed by atoms with Gasteiger partial charge in [0.25, 0.3) is 5.69 Å². The lowest BCUT2D eigenvalue weighted by atomic mass is 10.0. The third-order valence-electron chi connectivity index (χ3n) is 3.44. The first kappa shape index (κ1) is 15.0. The molecule has 8 heteroatoms. The van der Waals surface area contributed by atoms with Crippen molar-refractivity contribution in [3.05, 3.63) is 34.1 Å². The van der Waals surface area contributed by atoms with Gasteiger partial charge in [0.2, 0.25) is 0 Å². The second kappa shape index (κ2) is 6.38. The molecule has 1 heterocycles. The van der Waals surface area contributed by atoms with Crippen LogP contribution in [0.3, 0.4) is 0 Å². The predicted molar refractivity (Wildman–Crippen MR) is 73.7 cm³/mol. The lowest BCUT2D eigenvalue weighted by molar-refractivity contribution is -0.384. The van der Waals surface area contributed by atoms with Gasteiger partial charge in [0, 0.05) is 19.1 Å². The van der Waals surface area contributed by atoms with Crippen LogP contribution in [0.1, 0.15) is 12.8 Å². The van der Waals surface area contributed by atoms with Crippen LogP contribution in [0.2, 0.25) is 0 Å². The Morgan fingerprint density at radius 3 is 2.71 bits per heavy atom. The Balaban J connectivity index is 2.01. The number of nitrogens with zero attached hydrogens (tertiary/aromatic N) is 2. The van der Waals surface area contributed by atoms with E-state index >= 15 is 0 Å². The van der Waals surface area contributed by atoms with Crippen molar-refractivity contribution >= 4 is 17.5 Å². The van der Waals surface area contributed by atoms with Crippen molar-refractivity contribution in [1.29, 1.82) is 0 Å². The Bertz CT molecular complexity index is 544. The van der Waals surface area contributed by atoms with Crippen LogP contribution in [0, 0.1) is 15.9 Å². The standard InChI is InChI=1S/C13H16FN3O4/c1-21-13(18)16-6-4-10(5-7-16)15-11-3-2-9(14)8-12(11)17(19)20/h2-3,8,10,15H,4-7H2,1H3. The van der Waals surface area contributed by atoms with E-state index in [0.29, 0.717) is 25.9 Å². The minimum Gasteiger partial charge on any atom is -0.453 e. The molecule has 1 saturated heterocycles.